The van der Waals surface area contributed by atoms with Gasteiger partial charge in [0.2, 0.25) is 5.91 Å². The number of hydrogen-bond donors (Lipinski definition) is 2. The normalized spacial score (nSPS) is 14.2. The molecule has 2 N–H and O–H groups in total. The Kier molecular flexibility index (Phi) is 8.14. The molecular weight excluding hydrogens is 482 g/mol. The number of halogens is 1. The molecular formula is C27H32ClN3O5. The van der Waals surface area contributed by atoms with E-state index in [-0.39, 0.29) is 31.1 Å². The fraction of sp³-hybridized carbons (Fsp3) is 0.481. The van der Waals surface area contributed by atoms with Gasteiger partial charge in [-0.25, -0.2) is 0 Å². The summed E-state index contributed by atoms with van der Waals surface area (Å²) in [5, 5.41) is 21.2. The zero-order valence-electron chi connectivity index (χ0n) is 20.8. The molecule has 8 nitrogen and oxygen atoms in total. The van der Waals surface area contributed by atoms with Crippen LogP contribution in [0.3, 0.4) is 0 Å². The zero-order valence-corrected chi connectivity index (χ0v) is 21.6. The maximum absolute atomic E-state index is 13.0. The lowest BCUT2D eigenvalue weighted by Crippen LogP contribution is -2.17. The van der Waals surface area contributed by atoms with Crippen LogP contribution in [0, 0.1) is 12.8 Å². The van der Waals surface area contributed by atoms with Crippen molar-refractivity contribution in [2.45, 2.75) is 77.6 Å². The molecule has 9 heteroatoms. The van der Waals surface area contributed by atoms with Gasteiger partial charge in [0, 0.05) is 36.8 Å². The molecule has 0 aliphatic heterocycles. The molecule has 1 aliphatic carbocycles. The first-order chi connectivity index (χ1) is 17.2. The molecule has 0 saturated heterocycles. The maximum Gasteiger partial charge on any atom is 0.303 e. The van der Waals surface area contributed by atoms with Crippen molar-refractivity contribution < 1.29 is 23.7 Å². The van der Waals surface area contributed by atoms with Crippen LogP contribution in [0.5, 0.6) is 0 Å². The summed E-state index contributed by atoms with van der Waals surface area (Å²) in [6.07, 6.45) is 3.97. The van der Waals surface area contributed by atoms with Crippen LogP contribution in [-0.4, -0.2) is 27.3 Å². The van der Waals surface area contributed by atoms with Crippen LogP contribution in [0.1, 0.15) is 86.8 Å². The van der Waals surface area contributed by atoms with Crippen molar-refractivity contribution in [1.29, 1.82) is 0 Å². The average Bonchev–Trinajstić information content (AvgIpc) is 3.37. The SMILES string of the molecule is Cc1ccc(NC(=O)C[C@H](CCC(=O)O)c2noc(-c3cc(CCC(C)C)on3)c2C2CC2)c(Cl)c1. The highest BCUT2D eigenvalue weighted by molar-refractivity contribution is 6.33. The second-order valence-corrected chi connectivity index (χ2v) is 10.5. The molecule has 1 aromatic carbocycles. The van der Waals surface area contributed by atoms with Crippen LogP contribution < -0.4 is 5.32 Å². The number of carbonyl (C=O) groups is 2. The van der Waals surface area contributed by atoms with E-state index in [1.807, 2.05) is 19.1 Å². The van der Waals surface area contributed by atoms with Crippen LogP contribution in [0.4, 0.5) is 5.69 Å². The largest absolute Gasteiger partial charge is 0.481 e. The van der Waals surface area contributed by atoms with E-state index in [2.05, 4.69) is 29.5 Å². The Labute approximate surface area is 215 Å². The van der Waals surface area contributed by atoms with Gasteiger partial charge in [0.05, 0.1) is 16.4 Å². The van der Waals surface area contributed by atoms with E-state index in [9.17, 15) is 14.7 Å². The minimum atomic E-state index is -0.926. The third-order valence-electron chi connectivity index (χ3n) is 6.42. The number of amides is 1. The van der Waals surface area contributed by atoms with Crippen LogP contribution in [0.2, 0.25) is 5.02 Å². The third kappa shape index (κ3) is 6.55. The molecule has 36 heavy (non-hydrogen) atoms. The first-order valence-corrected chi connectivity index (χ1v) is 12.8. The van der Waals surface area contributed by atoms with Crippen molar-refractivity contribution in [2.75, 3.05) is 5.32 Å². The molecule has 0 radical (unpaired) electrons. The fourth-order valence-corrected chi connectivity index (χ4v) is 4.59. The summed E-state index contributed by atoms with van der Waals surface area (Å²) in [7, 11) is 0. The Morgan fingerprint density at radius 3 is 2.61 bits per heavy atom. The highest BCUT2D eigenvalue weighted by atomic mass is 35.5. The second kappa shape index (κ2) is 11.3. The summed E-state index contributed by atoms with van der Waals surface area (Å²) >= 11 is 6.28. The molecule has 192 valence electrons. The zero-order chi connectivity index (χ0) is 25.8. The van der Waals surface area contributed by atoms with Crippen molar-refractivity contribution in [2.24, 2.45) is 5.92 Å². The predicted octanol–water partition coefficient (Wildman–Crippen LogP) is 6.73. The predicted molar refractivity (Wildman–Crippen MR) is 136 cm³/mol. The molecule has 0 spiro atoms. The van der Waals surface area contributed by atoms with Gasteiger partial charge < -0.3 is 19.5 Å². The number of carboxylic acid groups (broad SMARTS) is 1. The number of carbonyl (C=O) groups excluding carboxylic acids is 1. The number of nitrogens with zero attached hydrogens (tertiary/aromatic N) is 2. The highest BCUT2D eigenvalue weighted by Gasteiger charge is 2.37. The van der Waals surface area contributed by atoms with Crippen LogP contribution in [0.25, 0.3) is 11.5 Å². The molecule has 0 unspecified atom stereocenters. The average molecular weight is 514 g/mol. The van der Waals surface area contributed by atoms with Gasteiger partial charge in [0.1, 0.15) is 5.76 Å². The van der Waals surface area contributed by atoms with Crippen LogP contribution in [0.15, 0.2) is 33.3 Å². The number of rotatable bonds is 12. The monoisotopic (exact) mass is 513 g/mol. The smallest absolute Gasteiger partial charge is 0.303 e. The van der Waals surface area contributed by atoms with Crippen molar-refractivity contribution >= 4 is 29.2 Å². The number of aliphatic carboxylic acids is 1. The van der Waals surface area contributed by atoms with Gasteiger partial charge in [-0.1, -0.05) is 41.8 Å². The molecule has 2 aromatic heterocycles. The summed E-state index contributed by atoms with van der Waals surface area (Å²) < 4.78 is 11.3. The Hall–Kier alpha value is -3.13. The Bertz CT molecular complexity index is 1230. The lowest BCUT2D eigenvalue weighted by atomic mass is 9.90. The van der Waals surface area contributed by atoms with Crippen LogP contribution in [-0.2, 0) is 16.0 Å². The van der Waals surface area contributed by atoms with Gasteiger partial charge in [-0.05, 0) is 62.1 Å². The van der Waals surface area contributed by atoms with E-state index in [0.29, 0.717) is 33.8 Å². The van der Waals surface area contributed by atoms with Gasteiger partial charge in [0.15, 0.2) is 11.5 Å². The van der Waals surface area contributed by atoms with E-state index in [4.69, 9.17) is 20.6 Å². The molecule has 1 amide bonds. The fourth-order valence-electron chi connectivity index (χ4n) is 4.30. The number of hydrogen-bond acceptors (Lipinski definition) is 6. The second-order valence-electron chi connectivity index (χ2n) is 10.1. The summed E-state index contributed by atoms with van der Waals surface area (Å²) in [6.45, 7) is 6.24. The number of aromatic nitrogens is 2. The molecule has 3 aromatic rings. The highest BCUT2D eigenvalue weighted by Crippen LogP contribution is 2.48. The third-order valence-corrected chi connectivity index (χ3v) is 6.74. The van der Waals surface area contributed by atoms with Gasteiger partial charge in [-0.3, -0.25) is 9.59 Å². The lowest BCUT2D eigenvalue weighted by Gasteiger charge is -2.16. The van der Waals surface area contributed by atoms with E-state index in [1.165, 1.54) is 0 Å². The molecule has 1 saturated carbocycles. The number of carboxylic acids is 1. The van der Waals surface area contributed by atoms with Crippen molar-refractivity contribution in [1.82, 2.24) is 10.3 Å². The molecule has 0 bridgehead atoms. The number of benzene rings is 1. The topological polar surface area (TPSA) is 118 Å². The number of nitrogens with one attached hydrogen (secondary N) is 1. The number of aryl methyl sites for hydroxylation is 2. The first kappa shape index (κ1) is 25.9. The molecule has 4 rings (SSSR count). The summed E-state index contributed by atoms with van der Waals surface area (Å²) in [5.41, 5.74) is 3.63. The first-order valence-electron chi connectivity index (χ1n) is 12.4. The van der Waals surface area contributed by atoms with Gasteiger partial charge in [-0.2, -0.15) is 0 Å². The van der Waals surface area contributed by atoms with Gasteiger partial charge in [-0.15, -0.1) is 0 Å². The van der Waals surface area contributed by atoms with E-state index < -0.39 is 11.9 Å². The van der Waals surface area contributed by atoms with Crippen LogP contribution >= 0.6 is 11.6 Å². The lowest BCUT2D eigenvalue weighted by molar-refractivity contribution is -0.137. The molecule has 1 aliphatic rings. The molecule has 1 atom stereocenters. The van der Waals surface area contributed by atoms with Crippen molar-refractivity contribution in [3.8, 4) is 11.5 Å². The summed E-state index contributed by atoms with van der Waals surface area (Å²) in [6, 6.07) is 7.29. The van der Waals surface area contributed by atoms with E-state index in [1.54, 1.807) is 12.1 Å². The standard InChI is InChI=1S/C27H32ClN3O5/c1-15(2)4-9-19-14-22(30-35-19)27-25(17-6-7-17)26(31-36-27)18(8-11-24(33)34)13-23(32)29-21-10-5-16(3)12-20(21)28/h5,10,12,14-15,17-18H,4,6-9,11,13H2,1-3H3,(H,29,32)(H,33,34)/t18-/m0/s1. The minimum absolute atomic E-state index is 0.0572. The molecule has 2 heterocycles. The summed E-state index contributed by atoms with van der Waals surface area (Å²) in [5.74, 6) is 0.521. The molecule has 1 fully saturated rings. The quantitative estimate of drug-likeness (QED) is 0.275. The Morgan fingerprint density at radius 2 is 1.94 bits per heavy atom. The van der Waals surface area contributed by atoms with Crippen molar-refractivity contribution in [3.63, 3.8) is 0 Å². The Balaban J connectivity index is 1.58. The maximum atomic E-state index is 13.0. The van der Waals surface area contributed by atoms with Gasteiger partial charge in [0.25, 0.3) is 0 Å². The summed E-state index contributed by atoms with van der Waals surface area (Å²) in [4.78, 5) is 24.4. The minimum Gasteiger partial charge on any atom is -0.481 e. The Morgan fingerprint density at radius 1 is 1.17 bits per heavy atom. The van der Waals surface area contributed by atoms with Gasteiger partial charge >= 0.3 is 5.97 Å². The van der Waals surface area contributed by atoms with E-state index >= 15 is 0 Å². The van der Waals surface area contributed by atoms with Crippen molar-refractivity contribution in [3.05, 3.63) is 51.9 Å². The van der Waals surface area contributed by atoms with E-state index in [0.717, 1.165) is 42.6 Å². The number of anilines is 1.